The number of aryl methyl sites for hydroxylation is 1. The van der Waals surface area contributed by atoms with Gasteiger partial charge in [-0.1, -0.05) is 28.1 Å². The van der Waals surface area contributed by atoms with Crippen molar-refractivity contribution in [3.8, 4) is 11.4 Å². The van der Waals surface area contributed by atoms with Crippen LogP contribution in [-0.4, -0.2) is 14.6 Å². The van der Waals surface area contributed by atoms with Gasteiger partial charge in [0.25, 0.3) is 0 Å². The number of anilines is 1. The lowest BCUT2D eigenvalue weighted by molar-refractivity contribution is 1.08. The molecule has 0 saturated carbocycles. The van der Waals surface area contributed by atoms with Gasteiger partial charge in [-0.3, -0.25) is 4.40 Å². The van der Waals surface area contributed by atoms with E-state index >= 15 is 0 Å². The molecule has 0 fully saturated rings. The maximum Gasteiger partial charge on any atom is 0.184 e. The van der Waals surface area contributed by atoms with Gasteiger partial charge in [-0.05, 0) is 31.2 Å². The van der Waals surface area contributed by atoms with Crippen LogP contribution < -0.4 is 5.73 Å². The standard InChI is InChI=1S/C13H11BrN4/c1-8-5-6-11(15)13-17-16-12(18(8)13)9-3-2-4-10(14)7-9/h2-7H,15H2,1H3. The quantitative estimate of drug-likeness (QED) is 0.751. The molecule has 0 saturated heterocycles. The zero-order valence-electron chi connectivity index (χ0n) is 9.76. The number of benzene rings is 1. The summed E-state index contributed by atoms with van der Waals surface area (Å²) in [4.78, 5) is 0. The summed E-state index contributed by atoms with van der Waals surface area (Å²) < 4.78 is 2.98. The largest absolute Gasteiger partial charge is 0.396 e. The second-order valence-corrected chi connectivity index (χ2v) is 5.04. The molecule has 0 radical (unpaired) electrons. The number of halogens is 1. The van der Waals surface area contributed by atoms with Crippen LogP contribution in [0.15, 0.2) is 40.9 Å². The first-order valence-corrected chi connectivity index (χ1v) is 6.32. The third-order valence-corrected chi connectivity index (χ3v) is 3.35. The van der Waals surface area contributed by atoms with E-state index in [1.54, 1.807) is 0 Å². The van der Waals surface area contributed by atoms with E-state index in [0.29, 0.717) is 11.3 Å². The van der Waals surface area contributed by atoms with Gasteiger partial charge in [0.2, 0.25) is 0 Å². The van der Waals surface area contributed by atoms with E-state index in [2.05, 4.69) is 26.1 Å². The van der Waals surface area contributed by atoms with E-state index in [1.807, 2.05) is 47.7 Å². The molecule has 0 bridgehead atoms. The Morgan fingerprint density at radius 3 is 2.78 bits per heavy atom. The van der Waals surface area contributed by atoms with Crippen molar-refractivity contribution in [2.75, 3.05) is 5.73 Å². The highest BCUT2D eigenvalue weighted by atomic mass is 79.9. The Balaban J connectivity index is 2.34. The van der Waals surface area contributed by atoms with Crippen LogP contribution in [0.5, 0.6) is 0 Å². The molecule has 0 atom stereocenters. The summed E-state index contributed by atoms with van der Waals surface area (Å²) in [5, 5.41) is 8.40. The minimum absolute atomic E-state index is 0.634. The molecule has 2 N–H and O–H groups in total. The number of nitrogen functional groups attached to an aromatic ring is 1. The Morgan fingerprint density at radius 2 is 2.00 bits per heavy atom. The predicted octanol–water partition coefficient (Wildman–Crippen LogP) is 3.05. The number of pyridine rings is 1. The average molecular weight is 303 g/mol. The van der Waals surface area contributed by atoms with Gasteiger partial charge in [0.05, 0.1) is 5.69 Å². The van der Waals surface area contributed by atoms with Crippen LogP contribution in [0.25, 0.3) is 17.0 Å². The second kappa shape index (κ2) is 4.10. The van der Waals surface area contributed by atoms with Crippen molar-refractivity contribution in [2.45, 2.75) is 6.92 Å². The summed E-state index contributed by atoms with van der Waals surface area (Å²) in [6, 6.07) is 11.8. The molecular formula is C13H11BrN4. The SMILES string of the molecule is Cc1ccc(N)c2nnc(-c3cccc(Br)c3)n12. The molecule has 0 spiro atoms. The van der Waals surface area contributed by atoms with Crippen molar-refractivity contribution >= 4 is 27.3 Å². The molecule has 4 nitrogen and oxygen atoms in total. The number of aromatic nitrogens is 3. The van der Waals surface area contributed by atoms with Crippen LogP contribution in [0.1, 0.15) is 5.69 Å². The topological polar surface area (TPSA) is 56.2 Å². The van der Waals surface area contributed by atoms with Crippen molar-refractivity contribution in [1.82, 2.24) is 14.6 Å². The van der Waals surface area contributed by atoms with Gasteiger partial charge in [-0.25, -0.2) is 0 Å². The highest BCUT2D eigenvalue weighted by Crippen LogP contribution is 2.24. The average Bonchev–Trinajstić information content (AvgIpc) is 2.80. The van der Waals surface area contributed by atoms with Crippen LogP contribution in [0.2, 0.25) is 0 Å². The van der Waals surface area contributed by atoms with Crippen LogP contribution in [0, 0.1) is 6.92 Å². The van der Waals surface area contributed by atoms with Gasteiger partial charge in [0, 0.05) is 15.7 Å². The summed E-state index contributed by atoms with van der Waals surface area (Å²) in [7, 11) is 0. The second-order valence-electron chi connectivity index (χ2n) is 4.12. The van der Waals surface area contributed by atoms with Gasteiger partial charge in [0.1, 0.15) is 0 Å². The lowest BCUT2D eigenvalue weighted by atomic mass is 10.2. The third-order valence-electron chi connectivity index (χ3n) is 2.86. The van der Waals surface area contributed by atoms with E-state index in [9.17, 15) is 0 Å². The molecule has 5 heteroatoms. The third kappa shape index (κ3) is 1.67. The Labute approximate surface area is 113 Å². The maximum atomic E-state index is 5.91. The number of fused-ring (bicyclic) bond motifs is 1. The van der Waals surface area contributed by atoms with Crippen molar-refractivity contribution in [2.24, 2.45) is 0 Å². The van der Waals surface area contributed by atoms with E-state index in [0.717, 1.165) is 21.6 Å². The Hall–Kier alpha value is -1.88. The first-order chi connectivity index (χ1) is 8.66. The molecule has 0 amide bonds. The molecule has 1 aromatic carbocycles. The lowest BCUT2D eigenvalue weighted by Gasteiger charge is -2.05. The monoisotopic (exact) mass is 302 g/mol. The summed E-state index contributed by atoms with van der Waals surface area (Å²) in [5.74, 6) is 0.802. The fraction of sp³-hybridized carbons (Fsp3) is 0.0769. The number of nitrogens with zero attached hydrogens (tertiary/aromatic N) is 3. The predicted molar refractivity (Wildman–Crippen MR) is 75.3 cm³/mol. The number of hydrogen-bond acceptors (Lipinski definition) is 3. The summed E-state index contributed by atoms with van der Waals surface area (Å²) in [5.41, 5.74) is 9.31. The summed E-state index contributed by atoms with van der Waals surface area (Å²) >= 11 is 3.46. The van der Waals surface area contributed by atoms with Crippen LogP contribution in [-0.2, 0) is 0 Å². The van der Waals surface area contributed by atoms with Crippen molar-refractivity contribution in [1.29, 1.82) is 0 Å². The van der Waals surface area contributed by atoms with Crippen LogP contribution >= 0.6 is 15.9 Å². The molecular weight excluding hydrogens is 292 g/mol. The molecule has 2 heterocycles. The first-order valence-electron chi connectivity index (χ1n) is 5.53. The summed E-state index contributed by atoms with van der Waals surface area (Å²) in [6.45, 7) is 2.01. The molecule has 0 unspecified atom stereocenters. The van der Waals surface area contributed by atoms with E-state index in [4.69, 9.17) is 5.73 Å². The molecule has 90 valence electrons. The summed E-state index contributed by atoms with van der Waals surface area (Å²) in [6.07, 6.45) is 0. The highest BCUT2D eigenvalue weighted by Gasteiger charge is 2.11. The van der Waals surface area contributed by atoms with E-state index in [1.165, 1.54) is 0 Å². The van der Waals surface area contributed by atoms with Gasteiger partial charge in [0.15, 0.2) is 11.5 Å². The van der Waals surface area contributed by atoms with E-state index < -0.39 is 0 Å². The Morgan fingerprint density at radius 1 is 1.17 bits per heavy atom. The first kappa shape index (κ1) is 11.2. The van der Waals surface area contributed by atoms with Crippen LogP contribution in [0.3, 0.4) is 0 Å². The number of hydrogen-bond donors (Lipinski definition) is 1. The van der Waals surface area contributed by atoms with Crippen molar-refractivity contribution in [3.05, 3.63) is 46.6 Å². The van der Waals surface area contributed by atoms with Gasteiger partial charge in [-0.15, -0.1) is 10.2 Å². The van der Waals surface area contributed by atoms with Crippen molar-refractivity contribution < 1.29 is 0 Å². The molecule has 3 rings (SSSR count). The minimum atomic E-state index is 0.634. The van der Waals surface area contributed by atoms with Gasteiger partial charge in [-0.2, -0.15) is 0 Å². The maximum absolute atomic E-state index is 5.91. The fourth-order valence-corrected chi connectivity index (χ4v) is 2.38. The molecule has 0 aliphatic carbocycles. The van der Waals surface area contributed by atoms with Crippen LogP contribution in [0.4, 0.5) is 5.69 Å². The molecule has 0 aliphatic heterocycles. The molecule has 18 heavy (non-hydrogen) atoms. The van der Waals surface area contributed by atoms with Gasteiger partial charge >= 0.3 is 0 Å². The minimum Gasteiger partial charge on any atom is -0.396 e. The zero-order valence-corrected chi connectivity index (χ0v) is 11.3. The molecule has 2 aromatic heterocycles. The highest BCUT2D eigenvalue weighted by molar-refractivity contribution is 9.10. The fourth-order valence-electron chi connectivity index (χ4n) is 1.98. The van der Waals surface area contributed by atoms with Gasteiger partial charge < -0.3 is 5.73 Å². The smallest absolute Gasteiger partial charge is 0.184 e. The normalized spacial score (nSPS) is 11.0. The molecule has 3 aromatic rings. The number of rotatable bonds is 1. The lowest BCUT2D eigenvalue weighted by Crippen LogP contribution is -1.97. The number of nitrogens with two attached hydrogens (primary N) is 1. The molecule has 0 aliphatic rings. The zero-order chi connectivity index (χ0) is 12.7. The van der Waals surface area contributed by atoms with E-state index in [-0.39, 0.29) is 0 Å². The Bertz CT molecular complexity index is 733. The Kier molecular flexibility index (Phi) is 2.56. The van der Waals surface area contributed by atoms with Crippen molar-refractivity contribution in [3.63, 3.8) is 0 Å².